The number of ether oxygens (including phenoxy) is 2. The van der Waals surface area contributed by atoms with E-state index in [9.17, 15) is 14.4 Å². The molecular formula is C31H34N4O5. The molecular weight excluding hydrogens is 508 g/mol. The Kier molecular flexibility index (Phi) is 9.88. The summed E-state index contributed by atoms with van der Waals surface area (Å²) in [6.07, 6.45) is 0.849. The quantitative estimate of drug-likeness (QED) is 0.261. The fraction of sp³-hybridized carbons (Fsp3) is 0.290. The maximum absolute atomic E-state index is 13.5. The van der Waals surface area contributed by atoms with E-state index >= 15 is 0 Å². The molecule has 0 radical (unpaired) electrons. The van der Waals surface area contributed by atoms with Gasteiger partial charge in [0.1, 0.15) is 18.0 Å². The van der Waals surface area contributed by atoms with Crippen LogP contribution < -0.4 is 15.6 Å². The third-order valence-electron chi connectivity index (χ3n) is 6.36. The van der Waals surface area contributed by atoms with Gasteiger partial charge in [0.05, 0.1) is 29.9 Å². The number of hydrogen-bond acceptors (Lipinski definition) is 6. The summed E-state index contributed by atoms with van der Waals surface area (Å²) in [4.78, 5) is 45.5. The Morgan fingerprint density at radius 2 is 1.57 bits per heavy atom. The molecule has 1 N–H and O–H groups in total. The third-order valence-corrected chi connectivity index (χ3v) is 6.36. The van der Waals surface area contributed by atoms with Gasteiger partial charge >= 0.3 is 12.0 Å². The first-order valence-electron chi connectivity index (χ1n) is 13.5. The molecule has 0 spiro atoms. The van der Waals surface area contributed by atoms with Gasteiger partial charge in [0, 0.05) is 19.5 Å². The maximum Gasteiger partial charge on any atom is 0.326 e. The highest BCUT2D eigenvalue weighted by atomic mass is 16.5. The molecule has 3 aromatic carbocycles. The van der Waals surface area contributed by atoms with E-state index in [1.807, 2.05) is 55.5 Å². The molecule has 1 aromatic heterocycles. The minimum absolute atomic E-state index is 0.210. The summed E-state index contributed by atoms with van der Waals surface area (Å²) in [6.45, 7) is 4.76. The molecule has 0 aliphatic rings. The lowest BCUT2D eigenvalue weighted by atomic mass is 10.1. The van der Waals surface area contributed by atoms with Crippen LogP contribution in [0.2, 0.25) is 0 Å². The second kappa shape index (κ2) is 13.9. The number of fused-ring (bicyclic) bond motifs is 1. The second-order valence-electron chi connectivity index (χ2n) is 9.08. The second-order valence-corrected chi connectivity index (χ2v) is 9.08. The van der Waals surface area contributed by atoms with Gasteiger partial charge in [-0.15, -0.1) is 0 Å². The zero-order chi connectivity index (χ0) is 28.3. The minimum Gasteiger partial charge on any atom is -0.492 e. The molecule has 208 valence electrons. The van der Waals surface area contributed by atoms with E-state index in [1.54, 1.807) is 42.2 Å². The van der Waals surface area contributed by atoms with Crippen molar-refractivity contribution >= 4 is 28.7 Å². The van der Waals surface area contributed by atoms with Crippen LogP contribution in [0.3, 0.4) is 0 Å². The lowest BCUT2D eigenvalue weighted by Gasteiger charge is -2.24. The number of aromatic nitrogens is 2. The Hall–Kier alpha value is -4.66. The van der Waals surface area contributed by atoms with Gasteiger partial charge < -0.3 is 19.7 Å². The Morgan fingerprint density at radius 1 is 0.875 bits per heavy atom. The summed E-state index contributed by atoms with van der Waals surface area (Å²) in [5, 5.41) is 2.96. The number of hydrogen-bond donors (Lipinski definition) is 1. The molecule has 0 saturated carbocycles. The van der Waals surface area contributed by atoms with Crippen molar-refractivity contribution in [3.8, 4) is 5.75 Å². The normalized spacial score (nSPS) is 10.8. The van der Waals surface area contributed by atoms with Crippen molar-refractivity contribution in [3.63, 3.8) is 0 Å². The van der Waals surface area contributed by atoms with E-state index in [0.29, 0.717) is 42.0 Å². The number of rotatable bonds is 12. The minimum atomic E-state index is -0.497. The van der Waals surface area contributed by atoms with E-state index in [4.69, 9.17) is 9.47 Å². The first kappa shape index (κ1) is 28.4. The first-order chi connectivity index (χ1) is 19.5. The van der Waals surface area contributed by atoms with Crippen molar-refractivity contribution in [1.82, 2.24) is 14.5 Å². The molecule has 9 nitrogen and oxygen atoms in total. The number of carbonyl (C=O) groups is 2. The molecule has 0 fully saturated rings. The van der Waals surface area contributed by atoms with E-state index < -0.39 is 5.97 Å². The average Bonchev–Trinajstić information content (AvgIpc) is 2.96. The molecule has 40 heavy (non-hydrogen) atoms. The highest BCUT2D eigenvalue weighted by Crippen LogP contribution is 2.24. The van der Waals surface area contributed by atoms with Crippen molar-refractivity contribution in [2.24, 2.45) is 0 Å². The molecule has 0 atom stereocenters. The van der Waals surface area contributed by atoms with E-state index in [2.05, 4.69) is 10.3 Å². The lowest BCUT2D eigenvalue weighted by Crippen LogP contribution is -2.39. The zero-order valence-corrected chi connectivity index (χ0v) is 22.8. The summed E-state index contributed by atoms with van der Waals surface area (Å²) in [5.74, 6) is 0.0862. The van der Waals surface area contributed by atoms with Gasteiger partial charge in [-0.05, 0) is 50.1 Å². The van der Waals surface area contributed by atoms with Crippen molar-refractivity contribution in [3.05, 3.63) is 100 Å². The Bertz CT molecular complexity index is 1500. The van der Waals surface area contributed by atoms with Gasteiger partial charge in [-0.2, -0.15) is 0 Å². The topological polar surface area (TPSA) is 103 Å². The summed E-state index contributed by atoms with van der Waals surface area (Å²) in [7, 11) is 0. The van der Waals surface area contributed by atoms with Crippen LogP contribution in [0.1, 0.15) is 25.1 Å². The van der Waals surface area contributed by atoms with Gasteiger partial charge in [0.25, 0.3) is 5.56 Å². The van der Waals surface area contributed by atoms with Crippen molar-refractivity contribution in [2.75, 3.05) is 31.6 Å². The maximum atomic E-state index is 13.5. The van der Waals surface area contributed by atoms with Gasteiger partial charge in [-0.1, -0.05) is 54.6 Å². The van der Waals surface area contributed by atoms with Crippen molar-refractivity contribution in [1.29, 1.82) is 0 Å². The van der Waals surface area contributed by atoms with Crippen LogP contribution in [0.5, 0.6) is 5.75 Å². The molecule has 1 heterocycles. The number of carbonyl (C=O) groups excluding carboxylic acids is 2. The van der Waals surface area contributed by atoms with Crippen molar-refractivity contribution < 1.29 is 19.1 Å². The molecule has 0 aliphatic heterocycles. The summed E-state index contributed by atoms with van der Waals surface area (Å²) in [6, 6.07) is 24.0. The van der Waals surface area contributed by atoms with Crippen LogP contribution in [0.15, 0.2) is 83.7 Å². The number of urea groups is 1. The SMILES string of the molecule is CCOC(=O)Cn1c(=O)c(CCN(CCc2ccccc2)C(=O)Nc2ccccc2OCC)nc2ccccc21. The molecule has 0 unspecified atom stereocenters. The van der Waals surface area contributed by atoms with Gasteiger partial charge in [-0.25, -0.2) is 9.78 Å². The summed E-state index contributed by atoms with van der Waals surface area (Å²) < 4.78 is 12.1. The predicted octanol–water partition coefficient (Wildman–Crippen LogP) is 4.68. The van der Waals surface area contributed by atoms with Gasteiger partial charge in [-0.3, -0.25) is 14.2 Å². The molecule has 2 amide bonds. The highest BCUT2D eigenvalue weighted by molar-refractivity contribution is 5.91. The number of benzene rings is 3. The zero-order valence-electron chi connectivity index (χ0n) is 22.8. The van der Waals surface area contributed by atoms with Gasteiger partial charge in [0.15, 0.2) is 0 Å². The number of nitrogens with one attached hydrogen (secondary N) is 1. The Morgan fingerprint density at radius 3 is 2.35 bits per heavy atom. The monoisotopic (exact) mass is 542 g/mol. The number of esters is 1. The predicted molar refractivity (Wildman–Crippen MR) is 155 cm³/mol. The Balaban J connectivity index is 1.59. The van der Waals surface area contributed by atoms with Gasteiger partial charge in [0.2, 0.25) is 0 Å². The Labute approximate surface area is 233 Å². The van der Waals surface area contributed by atoms with Crippen LogP contribution in [0, 0.1) is 0 Å². The molecule has 4 aromatic rings. The molecule has 0 aliphatic carbocycles. The van der Waals surface area contributed by atoms with Crippen molar-refractivity contribution in [2.45, 2.75) is 33.2 Å². The third kappa shape index (κ3) is 7.25. The number of anilines is 1. The standard InChI is InChI=1S/C31H34N4O5/c1-3-39-28-17-11-9-15-25(28)33-31(38)34(20-18-23-12-6-5-7-13-23)21-19-26-30(37)35(22-29(36)40-4-2)27-16-10-8-14-24(27)32-26/h5-17H,3-4,18-22H2,1-2H3,(H,33,38). The molecule has 0 saturated heterocycles. The number of amides is 2. The molecule has 0 bridgehead atoms. The average molecular weight is 543 g/mol. The highest BCUT2D eigenvalue weighted by Gasteiger charge is 2.19. The van der Waals surface area contributed by atoms with Crippen LogP contribution in [0.4, 0.5) is 10.5 Å². The summed E-state index contributed by atoms with van der Waals surface area (Å²) in [5.41, 5.74) is 2.70. The van der Waals surface area contributed by atoms with Crippen LogP contribution in [0.25, 0.3) is 11.0 Å². The fourth-order valence-electron chi connectivity index (χ4n) is 4.41. The number of para-hydroxylation sites is 4. The molecule has 9 heteroatoms. The van der Waals surface area contributed by atoms with E-state index in [-0.39, 0.29) is 43.4 Å². The fourth-order valence-corrected chi connectivity index (χ4v) is 4.41. The lowest BCUT2D eigenvalue weighted by molar-refractivity contribution is -0.143. The van der Waals surface area contributed by atoms with Crippen LogP contribution in [-0.2, 0) is 28.9 Å². The smallest absolute Gasteiger partial charge is 0.326 e. The summed E-state index contributed by atoms with van der Waals surface area (Å²) >= 11 is 0. The van der Waals surface area contributed by atoms with Crippen LogP contribution >= 0.6 is 0 Å². The molecule has 4 rings (SSSR count). The van der Waals surface area contributed by atoms with Crippen LogP contribution in [-0.4, -0.2) is 52.8 Å². The van der Waals surface area contributed by atoms with E-state index in [0.717, 1.165) is 5.56 Å². The largest absolute Gasteiger partial charge is 0.492 e. The first-order valence-corrected chi connectivity index (χ1v) is 13.5. The van der Waals surface area contributed by atoms with E-state index in [1.165, 1.54) is 4.57 Å². The number of nitrogens with zero attached hydrogens (tertiary/aromatic N) is 3.